The fourth-order valence-electron chi connectivity index (χ4n) is 7.72. The van der Waals surface area contributed by atoms with Gasteiger partial charge in [-0.05, 0) is 59.3 Å². The van der Waals surface area contributed by atoms with Crippen molar-refractivity contribution in [2.24, 2.45) is 0 Å². The van der Waals surface area contributed by atoms with Gasteiger partial charge >= 0.3 is 0 Å². The molecule has 0 fully saturated rings. The number of aromatic nitrogens is 4. The SMILES string of the molecule is c1ccc(-n2c3ccccc3c3ccc(-c4nc5sc6ccccc6c5nc4-n4c5ccccc5c5cc6ccccc6cc54)cc32)cc1. The lowest BCUT2D eigenvalue weighted by atomic mass is 10.1. The lowest BCUT2D eigenvalue weighted by Crippen LogP contribution is -2.03. The normalized spacial score (nSPS) is 12.1. The van der Waals surface area contributed by atoms with Crippen LogP contribution >= 0.6 is 11.3 Å². The van der Waals surface area contributed by atoms with E-state index in [2.05, 4.69) is 167 Å². The van der Waals surface area contributed by atoms with E-state index in [-0.39, 0.29) is 0 Å². The Hall–Kier alpha value is -6.30. The number of rotatable bonds is 3. The Bertz CT molecular complexity index is 3110. The van der Waals surface area contributed by atoms with Crippen molar-refractivity contribution in [2.75, 3.05) is 0 Å². The maximum absolute atomic E-state index is 5.57. The van der Waals surface area contributed by atoms with Gasteiger partial charge in [-0.25, -0.2) is 9.97 Å². The van der Waals surface area contributed by atoms with Crippen LogP contribution in [0.25, 0.3) is 97.6 Å². The van der Waals surface area contributed by atoms with Crippen LogP contribution < -0.4 is 0 Å². The number of hydrogen-bond acceptors (Lipinski definition) is 3. The first-order valence-corrected chi connectivity index (χ1v) is 17.3. The van der Waals surface area contributed by atoms with Gasteiger partial charge in [0.05, 0.1) is 22.1 Å². The number of para-hydroxylation sites is 3. The van der Waals surface area contributed by atoms with Gasteiger partial charge in [-0.1, -0.05) is 109 Å². The molecule has 228 valence electrons. The van der Waals surface area contributed by atoms with Crippen LogP contribution in [0.15, 0.2) is 158 Å². The van der Waals surface area contributed by atoms with Crippen molar-refractivity contribution in [1.29, 1.82) is 0 Å². The molecule has 0 spiro atoms. The highest BCUT2D eigenvalue weighted by Gasteiger charge is 2.22. The highest BCUT2D eigenvalue weighted by atomic mass is 32.1. The molecule has 7 aromatic carbocycles. The van der Waals surface area contributed by atoms with Gasteiger partial charge in [0, 0.05) is 42.9 Å². The zero-order valence-corrected chi connectivity index (χ0v) is 27.0. The first kappa shape index (κ1) is 26.7. The summed E-state index contributed by atoms with van der Waals surface area (Å²) in [5.41, 5.74) is 8.51. The van der Waals surface area contributed by atoms with Crippen molar-refractivity contribution in [2.45, 2.75) is 0 Å². The summed E-state index contributed by atoms with van der Waals surface area (Å²) in [5.74, 6) is 0.833. The van der Waals surface area contributed by atoms with E-state index in [1.165, 1.54) is 42.5 Å². The molecule has 4 aromatic heterocycles. The average molecular weight is 643 g/mol. The van der Waals surface area contributed by atoms with Crippen LogP contribution in [0.2, 0.25) is 0 Å². The molecule has 11 aromatic rings. The lowest BCUT2D eigenvalue weighted by molar-refractivity contribution is 1.08. The molecular weight excluding hydrogens is 617 g/mol. The summed E-state index contributed by atoms with van der Waals surface area (Å²) >= 11 is 1.70. The molecule has 0 N–H and O–H groups in total. The molecule has 5 heteroatoms. The zero-order chi connectivity index (χ0) is 32.1. The van der Waals surface area contributed by atoms with Crippen LogP contribution in [0.5, 0.6) is 0 Å². The molecule has 0 saturated heterocycles. The minimum absolute atomic E-state index is 0.833. The summed E-state index contributed by atoms with van der Waals surface area (Å²) in [6.07, 6.45) is 0. The second-order valence-corrected chi connectivity index (χ2v) is 13.7. The summed E-state index contributed by atoms with van der Waals surface area (Å²) < 4.78 is 5.89. The minimum Gasteiger partial charge on any atom is -0.309 e. The second-order valence-electron chi connectivity index (χ2n) is 12.6. The molecule has 4 nitrogen and oxygen atoms in total. The molecule has 0 radical (unpaired) electrons. The van der Waals surface area contributed by atoms with E-state index in [4.69, 9.17) is 9.97 Å². The summed E-state index contributed by atoms with van der Waals surface area (Å²) in [7, 11) is 0. The maximum atomic E-state index is 5.57. The first-order chi connectivity index (χ1) is 24.3. The van der Waals surface area contributed by atoms with Crippen LogP contribution in [0, 0.1) is 0 Å². The molecule has 0 aliphatic rings. The Kier molecular flexibility index (Phi) is 5.51. The number of nitrogens with zero attached hydrogens (tertiary/aromatic N) is 4. The van der Waals surface area contributed by atoms with Crippen LogP contribution in [0.1, 0.15) is 0 Å². The fraction of sp³-hybridized carbons (Fsp3) is 0. The topological polar surface area (TPSA) is 35.6 Å². The van der Waals surface area contributed by atoms with E-state index < -0.39 is 0 Å². The predicted octanol–water partition coefficient (Wildman–Crippen LogP) is 11.9. The van der Waals surface area contributed by atoms with Crippen LogP contribution in [-0.2, 0) is 0 Å². The molecule has 0 bridgehead atoms. The second kappa shape index (κ2) is 10.1. The van der Waals surface area contributed by atoms with E-state index in [0.29, 0.717) is 0 Å². The Morgan fingerprint density at radius 2 is 1.04 bits per heavy atom. The molecule has 49 heavy (non-hydrogen) atoms. The van der Waals surface area contributed by atoms with Crippen molar-refractivity contribution in [3.8, 4) is 22.8 Å². The highest BCUT2D eigenvalue weighted by Crippen LogP contribution is 2.41. The minimum atomic E-state index is 0.833. The largest absolute Gasteiger partial charge is 0.309 e. The van der Waals surface area contributed by atoms with Crippen LogP contribution in [0.4, 0.5) is 0 Å². The average Bonchev–Trinajstić information content (AvgIpc) is 3.80. The smallest absolute Gasteiger partial charge is 0.165 e. The van der Waals surface area contributed by atoms with Gasteiger partial charge in [0.25, 0.3) is 0 Å². The predicted molar refractivity (Wildman–Crippen MR) is 207 cm³/mol. The molecule has 0 saturated carbocycles. The molecule has 0 atom stereocenters. The molecule has 0 aliphatic heterocycles. The molecule has 11 rings (SSSR count). The fourth-order valence-corrected chi connectivity index (χ4v) is 8.74. The van der Waals surface area contributed by atoms with Gasteiger partial charge in [-0.3, -0.25) is 4.57 Å². The quantitative estimate of drug-likeness (QED) is 0.192. The van der Waals surface area contributed by atoms with Crippen LogP contribution in [0.3, 0.4) is 0 Å². The van der Waals surface area contributed by atoms with Crippen molar-refractivity contribution in [1.82, 2.24) is 19.1 Å². The van der Waals surface area contributed by atoms with Gasteiger partial charge in [-0.2, -0.15) is 0 Å². The van der Waals surface area contributed by atoms with Gasteiger partial charge in [-0.15, -0.1) is 11.3 Å². The maximum Gasteiger partial charge on any atom is 0.165 e. The Morgan fingerprint density at radius 3 is 1.86 bits per heavy atom. The zero-order valence-electron chi connectivity index (χ0n) is 26.2. The lowest BCUT2D eigenvalue weighted by Gasteiger charge is -2.14. The summed E-state index contributed by atoms with van der Waals surface area (Å²) in [5, 5.41) is 8.40. The summed E-state index contributed by atoms with van der Waals surface area (Å²) in [4.78, 5) is 12.0. The third-order valence-corrected chi connectivity index (χ3v) is 11.0. The van der Waals surface area contributed by atoms with Crippen molar-refractivity contribution in [3.05, 3.63) is 158 Å². The molecule has 0 aliphatic carbocycles. The van der Waals surface area contributed by atoms with E-state index in [1.807, 2.05) is 0 Å². The molecule has 0 amide bonds. The van der Waals surface area contributed by atoms with Crippen molar-refractivity contribution < 1.29 is 0 Å². The van der Waals surface area contributed by atoms with E-state index in [0.717, 1.165) is 55.0 Å². The van der Waals surface area contributed by atoms with Gasteiger partial charge in [0.15, 0.2) is 5.82 Å². The Balaban J connectivity index is 1.28. The number of benzene rings is 7. The van der Waals surface area contributed by atoms with Crippen LogP contribution in [-0.4, -0.2) is 19.1 Å². The van der Waals surface area contributed by atoms with Crippen molar-refractivity contribution >= 4 is 86.2 Å². The van der Waals surface area contributed by atoms with E-state index in [9.17, 15) is 0 Å². The van der Waals surface area contributed by atoms with E-state index in [1.54, 1.807) is 11.3 Å². The summed E-state index contributed by atoms with van der Waals surface area (Å²) in [6.45, 7) is 0. The van der Waals surface area contributed by atoms with Gasteiger partial charge in [0.2, 0.25) is 0 Å². The Labute approximate surface area is 284 Å². The van der Waals surface area contributed by atoms with E-state index >= 15 is 0 Å². The van der Waals surface area contributed by atoms with Crippen molar-refractivity contribution in [3.63, 3.8) is 0 Å². The Morgan fingerprint density at radius 1 is 0.429 bits per heavy atom. The third-order valence-electron chi connectivity index (χ3n) is 9.91. The summed E-state index contributed by atoms with van der Waals surface area (Å²) in [6, 6.07) is 56.5. The van der Waals surface area contributed by atoms with Gasteiger partial charge in [0.1, 0.15) is 16.0 Å². The highest BCUT2D eigenvalue weighted by molar-refractivity contribution is 7.25. The number of fused-ring (bicyclic) bond motifs is 10. The number of hydrogen-bond donors (Lipinski definition) is 0. The molecular formula is C44H26N4S. The standard InChI is InChI=1S/C44H26N4S/c1-2-14-30(15-3-1)47-36-19-9-6-16-31(36)33-23-22-29(26-38(33)47)41-43(45-42-34-18-8-11-21-40(34)49-44(42)46-41)48-37-20-10-7-17-32(37)35-24-27-12-4-5-13-28(27)25-39(35)48/h1-26H. The third kappa shape index (κ3) is 3.85. The number of thiophene rings is 1. The molecule has 4 heterocycles. The van der Waals surface area contributed by atoms with Gasteiger partial charge < -0.3 is 4.57 Å². The monoisotopic (exact) mass is 642 g/mol. The molecule has 0 unspecified atom stereocenters. The first-order valence-electron chi connectivity index (χ1n) is 16.5.